The van der Waals surface area contributed by atoms with Gasteiger partial charge in [-0.05, 0) is 31.2 Å². The summed E-state index contributed by atoms with van der Waals surface area (Å²) in [5.41, 5.74) is -0.0780. The van der Waals surface area contributed by atoms with Gasteiger partial charge in [-0.15, -0.1) is 0 Å². The van der Waals surface area contributed by atoms with Crippen molar-refractivity contribution in [3.05, 3.63) is 63.7 Å². The highest BCUT2D eigenvalue weighted by atomic mass is 32.2. The molecular formula is C13H10F2N2O4S. The van der Waals surface area contributed by atoms with Gasteiger partial charge >= 0.3 is 0 Å². The molecule has 6 nitrogen and oxygen atoms in total. The van der Waals surface area contributed by atoms with Gasteiger partial charge in [0, 0.05) is 11.6 Å². The number of sulfonamides is 1. The van der Waals surface area contributed by atoms with Crippen molar-refractivity contribution >= 4 is 21.4 Å². The van der Waals surface area contributed by atoms with Crippen LogP contribution in [0.5, 0.6) is 0 Å². The Morgan fingerprint density at radius 3 is 2.45 bits per heavy atom. The number of halogens is 2. The second kappa shape index (κ2) is 5.68. The van der Waals surface area contributed by atoms with Crippen LogP contribution in [-0.4, -0.2) is 13.3 Å². The number of nitrogens with one attached hydrogen (secondary N) is 1. The molecule has 0 aromatic heterocycles. The fourth-order valence-electron chi connectivity index (χ4n) is 1.76. The molecule has 2 rings (SSSR count). The van der Waals surface area contributed by atoms with Crippen molar-refractivity contribution in [3.63, 3.8) is 0 Å². The lowest BCUT2D eigenvalue weighted by molar-refractivity contribution is -0.385. The van der Waals surface area contributed by atoms with Crippen LogP contribution in [0.4, 0.5) is 20.2 Å². The minimum Gasteiger partial charge on any atom is -0.279 e. The highest BCUT2D eigenvalue weighted by molar-refractivity contribution is 7.92. The molecule has 0 aliphatic heterocycles. The predicted octanol–water partition coefficient (Wildman–Crippen LogP) is 2.98. The zero-order chi connectivity index (χ0) is 16.5. The Hall–Kier alpha value is -2.55. The van der Waals surface area contributed by atoms with Gasteiger partial charge in [0.1, 0.15) is 16.5 Å². The molecule has 9 heteroatoms. The molecule has 0 amide bonds. The van der Waals surface area contributed by atoms with Crippen molar-refractivity contribution in [2.75, 3.05) is 4.72 Å². The van der Waals surface area contributed by atoms with E-state index in [0.717, 1.165) is 12.1 Å². The minimum absolute atomic E-state index is 0.124. The van der Waals surface area contributed by atoms with E-state index in [1.165, 1.54) is 19.1 Å². The van der Waals surface area contributed by atoms with Crippen molar-refractivity contribution in [2.24, 2.45) is 0 Å². The van der Waals surface area contributed by atoms with Crippen LogP contribution in [-0.2, 0) is 10.0 Å². The lowest BCUT2D eigenvalue weighted by atomic mass is 10.2. The smallest absolute Gasteiger partial charge is 0.274 e. The molecule has 0 saturated carbocycles. The molecule has 0 spiro atoms. The van der Waals surface area contributed by atoms with Crippen LogP contribution in [0, 0.1) is 28.7 Å². The van der Waals surface area contributed by atoms with Gasteiger partial charge in [-0.2, -0.15) is 0 Å². The number of nitro benzene ring substituents is 1. The van der Waals surface area contributed by atoms with E-state index >= 15 is 0 Å². The number of aryl methyl sites for hydroxylation is 1. The maximum absolute atomic E-state index is 13.5. The molecule has 2 aromatic carbocycles. The van der Waals surface area contributed by atoms with Crippen molar-refractivity contribution in [3.8, 4) is 0 Å². The number of rotatable bonds is 4. The highest BCUT2D eigenvalue weighted by Gasteiger charge is 2.21. The summed E-state index contributed by atoms with van der Waals surface area (Å²) in [6, 6.07) is 5.63. The van der Waals surface area contributed by atoms with Gasteiger partial charge in [-0.3, -0.25) is 14.8 Å². The molecule has 116 valence electrons. The van der Waals surface area contributed by atoms with Gasteiger partial charge in [-0.25, -0.2) is 17.2 Å². The molecule has 0 fully saturated rings. The van der Waals surface area contributed by atoms with Gasteiger partial charge in [0.05, 0.1) is 10.6 Å². The Labute approximate surface area is 124 Å². The third-order valence-corrected chi connectivity index (χ3v) is 4.24. The molecule has 0 atom stereocenters. The quantitative estimate of drug-likeness (QED) is 0.690. The SMILES string of the molecule is Cc1ccc(NS(=O)(=O)c2cc(F)ccc2F)cc1[N+](=O)[O-]. The fraction of sp³-hybridized carbons (Fsp3) is 0.0769. The summed E-state index contributed by atoms with van der Waals surface area (Å²) in [6.07, 6.45) is 0. The van der Waals surface area contributed by atoms with Crippen LogP contribution in [0.1, 0.15) is 5.56 Å². The number of benzene rings is 2. The molecule has 2 aromatic rings. The molecule has 0 aliphatic carbocycles. The number of nitrogens with zero attached hydrogens (tertiary/aromatic N) is 1. The first kappa shape index (κ1) is 15.8. The van der Waals surface area contributed by atoms with Crippen molar-refractivity contribution in [1.82, 2.24) is 0 Å². The topological polar surface area (TPSA) is 89.3 Å². The van der Waals surface area contributed by atoms with Crippen LogP contribution < -0.4 is 4.72 Å². The van der Waals surface area contributed by atoms with Gasteiger partial charge in [0.15, 0.2) is 0 Å². The molecule has 0 unspecified atom stereocenters. The lowest BCUT2D eigenvalue weighted by Gasteiger charge is -2.09. The van der Waals surface area contributed by atoms with Crippen LogP contribution in [0.25, 0.3) is 0 Å². The summed E-state index contributed by atoms with van der Waals surface area (Å²) < 4.78 is 52.7. The second-order valence-electron chi connectivity index (χ2n) is 4.44. The van der Waals surface area contributed by atoms with Crippen LogP contribution >= 0.6 is 0 Å². The summed E-state index contributed by atoms with van der Waals surface area (Å²) in [6.45, 7) is 1.49. The van der Waals surface area contributed by atoms with Gasteiger partial charge in [0.25, 0.3) is 15.7 Å². The average molecular weight is 328 g/mol. The number of hydrogen-bond donors (Lipinski definition) is 1. The van der Waals surface area contributed by atoms with Crippen molar-refractivity contribution in [2.45, 2.75) is 11.8 Å². The Kier molecular flexibility index (Phi) is 4.09. The normalized spacial score (nSPS) is 11.2. The number of anilines is 1. The molecule has 1 N–H and O–H groups in total. The van der Waals surface area contributed by atoms with E-state index in [4.69, 9.17) is 0 Å². The molecule has 0 radical (unpaired) electrons. The largest absolute Gasteiger partial charge is 0.279 e. The predicted molar refractivity (Wildman–Crippen MR) is 75.0 cm³/mol. The summed E-state index contributed by atoms with van der Waals surface area (Å²) in [7, 11) is -4.41. The van der Waals surface area contributed by atoms with Gasteiger partial charge in [0.2, 0.25) is 0 Å². The van der Waals surface area contributed by atoms with E-state index < -0.39 is 31.5 Å². The molecule has 0 bridgehead atoms. The first-order chi connectivity index (χ1) is 10.2. The van der Waals surface area contributed by atoms with Gasteiger partial charge in [-0.1, -0.05) is 6.07 Å². The Bertz CT molecular complexity index is 853. The van der Waals surface area contributed by atoms with E-state index in [2.05, 4.69) is 0 Å². The van der Waals surface area contributed by atoms with Crippen LogP contribution in [0.2, 0.25) is 0 Å². The molecule has 0 saturated heterocycles. The summed E-state index contributed by atoms with van der Waals surface area (Å²) in [5, 5.41) is 10.8. The van der Waals surface area contributed by atoms with Crippen LogP contribution in [0.3, 0.4) is 0 Å². The van der Waals surface area contributed by atoms with E-state index in [1.807, 2.05) is 4.72 Å². The van der Waals surface area contributed by atoms with E-state index in [0.29, 0.717) is 17.7 Å². The zero-order valence-corrected chi connectivity index (χ0v) is 12.0. The average Bonchev–Trinajstić information content (AvgIpc) is 2.43. The number of nitro groups is 1. The van der Waals surface area contributed by atoms with Crippen LogP contribution in [0.15, 0.2) is 41.3 Å². The minimum atomic E-state index is -4.41. The zero-order valence-electron chi connectivity index (χ0n) is 11.2. The maximum Gasteiger partial charge on any atom is 0.274 e. The Morgan fingerprint density at radius 1 is 1.14 bits per heavy atom. The van der Waals surface area contributed by atoms with E-state index in [-0.39, 0.29) is 11.4 Å². The first-order valence-electron chi connectivity index (χ1n) is 5.93. The van der Waals surface area contributed by atoms with E-state index in [9.17, 15) is 27.3 Å². The van der Waals surface area contributed by atoms with Gasteiger partial charge < -0.3 is 0 Å². The van der Waals surface area contributed by atoms with Crippen molar-refractivity contribution in [1.29, 1.82) is 0 Å². The summed E-state index contributed by atoms with van der Waals surface area (Å²) in [4.78, 5) is 9.28. The Morgan fingerprint density at radius 2 is 1.82 bits per heavy atom. The summed E-state index contributed by atoms with van der Waals surface area (Å²) >= 11 is 0. The lowest BCUT2D eigenvalue weighted by Crippen LogP contribution is -2.15. The van der Waals surface area contributed by atoms with E-state index in [1.54, 1.807) is 0 Å². The number of hydrogen-bond acceptors (Lipinski definition) is 4. The Balaban J connectivity index is 2.43. The molecule has 22 heavy (non-hydrogen) atoms. The molecule has 0 heterocycles. The standard InChI is InChI=1S/C13H10F2N2O4S/c1-8-2-4-10(7-12(8)17(18)19)16-22(20,21)13-6-9(14)3-5-11(13)15/h2-7,16H,1H3. The third-order valence-electron chi connectivity index (χ3n) is 2.84. The maximum atomic E-state index is 13.5. The van der Waals surface area contributed by atoms with Crippen molar-refractivity contribution < 1.29 is 22.1 Å². The highest BCUT2D eigenvalue weighted by Crippen LogP contribution is 2.25. The first-order valence-corrected chi connectivity index (χ1v) is 7.42. The summed E-state index contributed by atoms with van der Waals surface area (Å²) in [5.74, 6) is -2.05. The monoisotopic (exact) mass is 328 g/mol. The molecule has 0 aliphatic rings. The fourth-order valence-corrected chi connectivity index (χ4v) is 2.90. The second-order valence-corrected chi connectivity index (χ2v) is 6.09. The molecular weight excluding hydrogens is 318 g/mol. The third kappa shape index (κ3) is 3.19.